The first-order chi connectivity index (χ1) is 17.4. The number of nitrogens with zero attached hydrogens (tertiary/aromatic N) is 1. The van der Waals surface area contributed by atoms with Crippen molar-refractivity contribution in [3.05, 3.63) is 48.0 Å². The average Bonchev–Trinajstić information content (AvgIpc) is 3.33. The third-order valence-electron chi connectivity index (χ3n) is 5.63. The third kappa shape index (κ3) is 8.88. The largest absolute Gasteiger partial charge is 0.508 e. The topological polar surface area (TPSA) is 220 Å². The molecule has 1 aromatic heterocycles. The Hall–Kier alpha value is -3.97. The van der Waals surface area contributed by atoms with Crippen LogP contribution in [0, 0.1) is 5.92 Å². The number of nitrogens with two attached hydrogens (primary N) is 1. The molecule has 2 rings (SSSR count). The van der Waals surface area contributed by atoms with Gasteiger partial charge in [-0.25, -0.2) is 9.78 Å². The van der Waals surface area contributed by atoms with Crippen LogP contribution in [0.5, 0.6) is 5.75 Å². The molecule has 13 nitrogen and oxygen atoms in total. The van der Waals surface area contributed by atoms with Crippen LogP contribution >= 0.6 is 0 Å². The highest BCUT2D eigenvalue weighted by Crippen LogP contribution is 2.12. The zero-order valence-corrected chi connectivity index (χ0v) is 20.8. The van der Waals surface area contributed by atoms with Crippen molar-refractivity contribution >= 4 is 23.7 Å². The Morgan fingerprint density at radius 3 is 2.08 bits per heavy atom. The molecule has 1 aromatic carbocycles. The molecule has 3 amide bonds. The van der Waals surface area contributed by atoms with Crippen molar-refractivity contribution in [1.29, 1.82) is 0 Å². The van der Waals surface area contributed by atoms with E-state index in [9.17, 15) is 34.5 Å². The number of carbonyl (C=O) groups is 4. The van der Waals surface area contributed by atoms with Crippen LogP contribution in [-0.4, -0.2) is 79.2 Å². The van der Waals surface area contributed by atoms with Crippen LogP contribution in [0.3, 0.4) is 0 Å². The number of amides is 3. The summed E-state index contributed by atoms with van der Waals surface area (Å²) in [6.45, 7) is 4.47. The van der Waals surface area contributed by atoms with Crippen LogP contribution in [0.1, 0.15) is 32.0 Å². The second kappa shape index (κ2) is 13.4. The van der Waals surface area contributed by atoms with Gasteiger partial charge in [-0.2, -0.15) is 0 Å². The van der Waals surface area contributed by atoms with Gasteiger partial charge in [0.15, 0.2) is 0 Å². The minimum absolute atomic E-state index is 0.0133. The van der Waals surface area contributed by atoms with E-state index in [-0.39, 0.29) is 18.6 Å². The van der Waals surface area contributed by atoms with E-state index in [2.05, 4.69) is 25.9 Å². The fourth-order valence-corrected chi connectivity index (χ4v) is 3.50. The van der Waals surface area contributed by atoms with Crippen molar-refractivity contribution in [2.75, 3.05) is 0 Å². The first kappa shape index (κ1) is 29.3. The van der Waals surface area contributed by atoms with Gasteiger partial charge in [-0.05, 0) is 30.5 Å². The number of phenolic OH excluding ortho intramolecular Hbond substituents is 1. The van der Waals surface area contributed by atoms with E-state index in [1.807, 2.05) is 0 Å². The summed E-state index contributed by atoms with van der Waals surface area (Å²) >= 11 is 0. The van der Waals surface area contributed by atoms with Gasteiger partial charge in [0.1, 0.15) is 23.9 Å². The fourth-order valence-electron chi connectivity index (χ4n) is 3.50. The van der Waals surface area contributed by atoms with Crippen molar-refractivity contribution in [2.24, 2.45) is 11.7 Å². The lowest BCUT2D eigenvalue weighted by Gasteiger charge is -2.27. The molecule has 13 heteroatoms. The van der Waals surface area contributed by atoms with E-state index in [0.29, 0.717) is 11.3 Å². The van der Waals surface area contributed by atoms with E-state index in [1.54, 1.807) is 26.0 Å². The Kier molecular flexibility index (Phi) is 10.6. The molecule has 202 valence electrons. The standard InChI is InChI=1S/C24H34N6O7/c1-12(2)19(24(36)37)29-23(35)20(13(3)31)30-22(34)18(8-14-4-6-16(32)7-5-14)28-21(33)17(25)9-15-10-26-11-27-15/h4-7,10-13,17-20,31-32H,8-9,25H2,1-3H3,(H,26,27)(H,28,33)(H,29,35)(H,30,34)(H,36,37). The van der Waals surface area contributed by atoms with E-state index in [1.165, 1.54) is 31.6 Å². The molecule has 0 aliphatic rings. The fraction of sp³-hybridized carbons (Fsp3) is 0.458. The first-order valence-corrected chi connectivity index (χ1v) is 11.7. The minimum atomic E-state index is -1.49. The SMILES string of the molecule is CC(C)C(NC(=O)C(NC(=O)C(Cc1ccc(O)cc1)NC(=O)C(N)Cc1cnc[nH]1)C(C)O)C(=O)O. The lowest BCUT2D eigenvalue weighted by Crippen LogP contribution is -2.60. The molecule has 0 saturated carbocycles. The predicted molar refractivity (Wildman–Crippen MR) is 132 cm³/mol. The Labute approximate surface area is 213 Å². The van der Waals surface area contributed by atoms with Gasteiger partial charge in [0.2, 0.25) is 17.7 Å². The lowest BCUT2D eigenvalue weighted by molar-refractivity contribution is -0.144. The number of aliphatic hydroxyl groups excluding tert-OH is 1. The van der Waals surface area contributed by atoms with Crippen molar-refractivity contribution < 1.29 is 34.5 Å². The number of nitrogens with one attached hydrogen (secondary N) is 4. The smallest absolute Gasteiger partial charge is 0.326 e. The van der Waals surface area contributed by atoms with Crippen molar-refractivity contribution in [1.82, 2.24) is 25.9 Å². The lowest BCUT2D eigenvalue weighted by atomic mass is 10.0. The molecule has 0 fully saturated rings. The number of carbonyl (C=O) groups excluding carboxylic acids is 3. The molecule has 0 aliphatic heterocycles. The maximum atomic E-state index is 13.2. The number of phenols is 1. The van der Waals surface area contributed by atoms with Gasteiger partial charge in [-0.15, -0.1) is 0 Å². The van der Waals surface area contributed by atoms with Gasteiger partial charge in [0, 0.05) is 24.7 Å². The van der Waals surface area contributed by atoms with Crippen LogP contribution in [0.25, 0.3) is 0 Å². The molecular formula is C24H34N6O7. The summed E-state index contributed by atoms with van der Waals surface area (Å²) < 4.78 is 0. The van der Waals surface area contributed by atoms with Crippen LogP contribution in [0.4, 0.5) is 0 Å². The Morgan fingerprint density at radius 2 is 1.57 bits per heavy atom. The average molecular weight is 519 g/mol. The number of carboxylic acid groups (broad SMARTS) is 1. The van der Waals surface area contributed by atoms with Gasteiger partial charge in [0.05, 0.1) is 18.5 Å². The Bertz CT molecular complexity index is 1060. The second-order valence-electron chi connectivity index (χ2n) is 9.11. The van der Waals surface area contributed by atoms with E-state index >= 15 is 0 Å². The molecule has 0 spiro atoms. The highest BCUT2D eigenvalue weighted by molar-refractivity contribution is 5.94. The first-order valence-electron chi connectivity index (χ1n) is 11.7. The summed E-state index contributed by atoms with van der Waals surface area (Å²) in [5.74, 6) is -4.04. The monoisotopic (exact) mass is 518 g/mol. The third-order valence-corrected chi connectivity index (χ3v) is 5.63. The van der Waals surface area contributed by atoms with Crippen LogP contribution in [0.15, 0.2) is 36.8 Å². The number of aliphatic hydroxyl groups is 1. The molecule has 0 radical (unpaired) electrons. The van der Waals surface area contributed by atoms with Gasteiger partial charge < -0.3 is 42.0 Å². The number of H-pyrrole nitrogens is 1. The second-order valence-corrected chi connectivity index (χ2v) is 9.11. The number of aromatic nitrogens is 2. The van der Waals surface area contributed by atoms with Gasteiger partial charge in [-0.3, -0.25) is 14.4 Å². The molecule has 2 aromatic rings. The Balaban J connectivity index is 2.21. The highest BCUT2D eigenvalue weighted by Gasteiger charge is 2.33. The Morgan fingerprint density at radius 1 is 0.946 bits per heavy atom. The summed E-state index contributed by atoms with van der Waals surface area (Å²) in [5, 5.41) is 36.4. The van der Waals surface area contributed by atoms with E-state index < -0.39 is 59.9 Å². The maximum Gasteiger partial charge on any atom is 0.326 e. The van der Waals surface area contributed by atoms with E-state index in [0.717, 1.165) is 0 Å². The van der Waals surface area contributed by atoms with Crippen LogP contribution in [-0.2, 0) is 32.0 Å². The molecule has 1 heterocycles. The zero-order valence-electron chi connectivity index (χ0n) is 20.8. The zero-order chi connectivity index (χ0) is 27.7. The number of aromatic amines is 1. The molecule has 0 saturated heterocycles. The summed E-state index contributed by atoms with van der Waals surface area (Å²) in [6.07, 6.45) is 1.69. The predicted octanol–water partition coefficient (Wildman–Crippen LogP) is -1.20. The number of aromatic hydroxyl groups is 1. The highest BCUT2D eigenvalue weighted by atomic mass is 16.4. The number of hydrogen-bond donors (Lipinski definition) is 8. The number of aliphatic carboxylic acids is 1. The van der Waals surface area contributed by atoms with E-state index in [4.69, 9.17) is 5.73 Å². The van der Waals surface area contributed by atoms with Gasteiger partial charge in [0.25, 0.3) is 0 Å². The van der Waals surface area contributed by atoms with Crippen molar-refractivity contribution in [2.45, 2.75) is 63.9 Å². The van der Waals surface area contributed by atoms with Crippen LogP contribution < -0.4 is 21.7 Å². The number of imidazole rings is 1. The van der Waals surface area contributed by atoms with Crippen molar-refractivity contribution in [3.63, 3.8) is 0 Å². The number of carboxylic acids is 1. The molecule has 37 heavy (non-hydrogen) atoms. The van der Waals surface area contributed by atoms with Gasteiger partial charge in [-0.1, -0.05) is 26.0 Å². The number of hydrogen-bond acceptors (Lipinski definition) is 8. The summed E-state index contributed by atoms with van der Waals surface area (Å²) in [7, 11) is 0. The normalized spacial score (nSPS) is 15.2. The quantitative estimate of drug-likeness (QED) is 0.159. The summed E-state index contributed by atoms with van der Waals surface area (Å²) in [5.41, 5.74) is 7.20. The van der Waals surface area contributed by atoms with Crippen molar-refractivity contribution in [3.8, 4) is 5.75 Å². The molecule has 9 N–H and O–H groups in total. The molecule has 5 atom stereocenters. The molecule has 5 unspecified atom stereocenters. The molecule has 0 aliphatic carbocycles. The maximum absolute atomic E-state index is 13.2. The minimum Gasteiger partial charge on any atom is -0.508 e. The van der Waals surface area contributed by atoms with Crippen LogP contribution in [0.2, 0.25) is 0 Å². The summed E-state index contributed by atoms with van der Waals surface area (Å²) in [6, 6.07) is 0.995. The molecule has 0 bridgehead atoms. The molecular weight excluding hydrogens is 484 g/mol. The summed E-state index contributed by atoms with van der Waals surface area (Å²) in [4.78, 5) is 57.0. The number of benzene rings is 1. The number of rotatable bonds is 13. The van der Waals surface area contributed by atoms with Gasteiger partial charge >= 0.3 is 5.97 Å².